The van der Waals surface area contributed by atoms with E-state index >= 15 is 0 Å². The van der Waals surface area contributed by atoms with E-state index in [0.29, 0.717) is 18.8 Å². The van der Waals surface area contributed by atoms with Crippen LogP contribution in [0.25, 0.3) is 0 Å². The minimum Gasteiger partial charge on any atom is -0.480 e. The first-order valence-corrected chi connectivity index (χ1v) is 7.69. The molecule has 1 saturated heterocycles. The smallest absolute Gasteiger partial charge is 0.327 e. The highest BCUT2D eigenvalue weighted by molar-refractivity contribution is 7.99. The maximum absolute atomic E-state index is 11.9. The first-order chi connectivity index (χ1) is 8.68. The highest BCUT2D eigenvalue weighted by Crippen LogP contribution is 2.33. The third-order valence-electron chi connectivity index (χ3n) is 3.44. The van der Waals surface area contributed by atoms with E-state index < -0.39 is 12.0 Å². The molecule has 18 heavy (non-hydrogen) atoms. The first-order valence-electron chi connectivity index (χ1n) is 6.53. The van der Waals surface area contributed by atoms with E-state index in [1.807, 2.05) is 0 Å². The van der Waals surface area contributed by atoms with Gasteiger partial charge in [0, 0.05) is 24.6 Å². The van der Waals surface area contributed by atoms with E-state index in [9.17, 15) is 9.59 Å². The maximum Gasteiger partial charge on any atom is 0.327 e. The van der Waals surface area contributed by atoms with E-state index in [2.05, 4.69) is 5.32 Å². The second-order valence-corrected chi connectivity index (χ2v) is 6.09. The summed E-state index contributed by atoms with van der Waals surface area (Å²) >= 11 is 1.59. The Labute approximate surface area is 111 Å². The molecule has 2 amide bonds. The van der Waals surface area contributed by atoms with Gasteiger partial charge in [0.2, 0.25) is 0 Å². The summed E-state index contributed by atoms with van der Waals surface area (Å²) in [5, 5.41) is 11.9. The number of nitrogens with zero attached hydrogens (tertiary/aromatic N) is 1. The van der Waals surface area contributed by atoms with Gasteiger partial charge in [-0.25, -0.2) is 9.59 Å². The second-order valence-electron chi connectivity index (χ2n) is 4.94. The quantitative estimate of drug-likeness (QED) is 0.742. The van der Waals surface area contributed by atoms with Crippen molar-refractivity contribution in [3.63, 3.8) is 0 Å². The molecule has 1 aliphatic heterocycles. The molecule has 1 unspecified atom stereocenters. The fourth-order valence-electron chi connectivity index (χ4n) is 2.15. The Hall–Kier alpha value is -0.910. The topological polar surface area (TPSA) is 69.6 Å². The molecule has 1 aliphatic carbocycles. The van der Waals surface area contributed by atoms with E-state index in [4.69, 9.17) is 5.11 Å². The molecule has 0 spiro atoms. The third-order valence-corrected chi connectivity index (χ3v) is 4.46. The molecule has 2 aliphatic rings. The monoisotopic (exact) mass is 272 g/mol. The zero-order chi connectivity index (χ0) is 13.0. The molecule has 1 atom stereocenters. The van der Waals surface area contributed by atoms with Gasteiger partial charge in [0.05, 0.1) is 0 Å². The van der Waals surface area contributed by atoms with Gasteiger partial charge in [-0.05, 0) is 18.8 Å². The second kappa shape index (κ2) is 6.31. The van der Waals surface area contributed by atoms with Gasteiger partial charge in [0.1, 0.15) is 6.04 Å². The molecule has 0 radical (unpaired) electrons. The molecule has 6 heteroatoms. The van der Waals surface area contributed by atoms with Gasteiger partial charge < -0.3 is 15.3 Å². The lowest BCUT2D eigenvalue weighted by Gasteiger charge is -2.32. The van der Waals surface area contributed by atoms with Crippen molar-refractivity contribution in [1.29, 1.82) is 0 Å². The van der Waals surface area contributed by atoms with Crippen LogP contribution in [-0.2, 0) is 4.79 Å². The van der Waals surface area contributed by atoms with Crippen LogP contribution in [0.5, 0.6) is 0 Å². The number of aliphatic carboxylic acids is 1. The van der Waals surface area contributed by atoms with Crippen LogP contribution in [0.4, 0.5) is 4.79 Å². The Balaban J connectivity index is 1.72. The summed E-state index contributed by atoms with van der Waals surface area (Å²) < 4.78 is 0. The summed E-state index contributed by atoms with van der Waals surface area (Å²) in [4.78, 5) is 24.4. The molecule has 0 aromatic rings. The lowest BCUT2D eigenvalue weighted by molar-refractivity contribution is -0.141. The lowest BCUT2D eigenvalue weighted by atomic mass is 10.2. The fourth-order valence-corrected chi connectivity index (χ4v) is 3.18. The first kappa shape index (κ1) is 13.5. The number of carboxylic acids is 1. The Bertz CT molecular complexity index is 320. The Kier molecular flexibility index (Phi) is 4.74. The van der Waals surface area contributed by atoms with Crippen LogP contribution < -0.4 is 5.32 Å². The SMILES string of the molecule is O=C(O)C1CSCCN1C(=O)NCCCC1CC1. The van der Waals surface area contributed by atoms with Crippen molar-refractivity contribution < 1.29 is 14.7 Å². The third kappa shape index (κ3) is 3.80. The number of thioether (sulfide) groups is 1. The van der Waals surface area contributed by atoms with Crippen molar-refractivity contribution in [2.45, 2.75) is 31.7 Å². The number of amides is 2. The van der Waals surface area contributed by atoms with E-state index in [-0.39, 0.29) is 6.03 Å². The van der Waals surface area contributed by atoms with Crippen molar-refractivity contribution in [1.82, 2.24) is 10.2 Å². The molecule has 5 nitrogen and oxygen atoms in total. The highest BCUT2D eigenvalue weighted by atomic mass is 32.2. The number of carbonyl (C=O) groups is 2. The molecular formula is C12H20N2O3S. The average molecular weight is 272 g/mol. The summed E-state index contributed by atoms with van der Waals surface area (Å²) in [6, 6.07) is -0.898. The molecule has 2 fully saturated rings. The standard InChI is InChI=1S/C12H20N2O3S/c15-11(16)10-8-18-7-6-14(10)12(17)13-5-1-2-9-3-4-9/h9-10H,1-8H2,(H,13,17)(H,15,16). The normalized spacial score (nSPS) is 23.8. The summed E-state index contributed by atoms with van der Waals surface area (Å²) in [5.74, 6) is 1.28. The molecular weight excluding hydrogens is 252 g/mol. The zero-order valence-electron chi connectivity index (χ0n) is 10.4. The predicted octanol–water partition coefficient (Wildman–Crippen LogP) is 1.39. The van der Waals surface area contributed by atoms with Gasteiger partial charge in [-0.15, -0.1) is 0 Å². The summed E-state index contributed by atoms with van der Waals surface area (Å²) in [5.41, 5.74) is 0. The molecule has 2 N–H and O–H groups in total. The predicted molar refractivity (Wildman–Crippen MR) is 70.8 cm³/mol. The van der Waals surface area contributed by atoms with Gasteiger partial charge in [-0.2, -0.15) is 11.8 Å². The van der Waals surface area contributed by atoms with E-state index in [1.165, 1.54) is 24.2 Å². The minimum absolute atomic E-state index is 0.224. The fraction of sp³-hybridized carbons (Fsp3) is 0.833. The number of urea groups is 1. The molecule has 1 saturated carbocycles. The van der Waals surface area contributed by atoms with E-state index in [1.54, 1.807) is 11.8 Å². The number of carboxylic acid groups (broad SMARTS) is 1. The Morgan fingerprint density at radius 1 is 1.39 bits per heavy atom. The number of nitrogens with one attached hydrogen (secondary N) is 1. The largest absolute Gasteiger partial charge is 0.480 e. The van der Waals surface area contributed by atoms with Crippen molar-refractivity contribution >= 4 is 23.8 Å². The Morgan fingerprint density at radius 2 is 2.17 bits per heavy atom. The van der Waals surface area contributed by atoms with Gasteiger partial charge >= 0.3 is 12.0 Å². The number of hydrogen-bond donors (Lipinski definition) is 2. The van der Waals surface area contributed by atoms with Crippen LogP contribution in [-0.4, -0.2) is 52.6 Å². The maximum atomic E-state index is 11.9. The molecule has 0 bridgehead atoms. The minimum atomic E-state index is -0.907. The van der Waals surface area contributed by atoms with Gasteiger partial charge in [-0.3, -0.25) is 0 Å². The van der Waals surface area contributed by atoms with Gasteiger partial charge in [0.15, 0.2) is 0 Å². The molecule has 0 aromatic carbocycles. The molecule has 0 aromatic heterocycles. The number of rotatable bonds is 5. The average Bonchev–Trinajstić information content (AvgIpc) is 3.18. The van der Waals surface area contributed by atoms with E-state index in [0.717, 1.165) is 18.1 Å². The molecule has 102 valence electrons. The molecule has 2 rings (SSSR count). The summed E-state index contributed by atoms with van der Waals surface area (Å²) in [6.45, 7) is 1.18. The van der Waals surface area contributed by atoms with Crippen LogP contribution in [0.3, 0.4) is 0 Å². The molecule has 1 heterocycles. The van der Waals surface area contributed by atoms with Crippen LogP contribution in [0.15, 0.2) is 0 Å². The Morgan fingerprint density at radius 3 is 2.83 bits per heavy atom. The zero-order valence-corrected chi connectivity index (χ0v) is 11.2. The van der Waals surface area contributed by atoms with Gasteiger partial charge in [0.25, 0.3) is 0 Å². The van der Waals surface area contributed by atoms with Crippen LogP contribution in [0.1, 0.15) is 25.7 Å². The van der Waals surface area contributed by atoms with Crippen LogP contribution in [0.2, 0.25) is 0 Å². The van der Waals surface area contributed by atoms with Crippen LogP contribution >= 0.6 is 11.8 Å². The van der Waals surface area contributed by atoms with Crippen molar-refractivity contribution in [3.8, 4) is 0 Å². The van der Waals surface area contributed by atoms with Crippen LogP contribution in [0, 0.1) is 5.92 Å². The highest BCUT2D eigenvalue weighted by Gasteiger charge is 2.32. The lowest BCUT2D eigenvalue weighted by Crippen LogP contribution is -2.53. The summed E-state index contributed by atoms with van der Waals surface area (Å²) in [6.07, 6.45) is 4.84. The van der Waals surface area contributed by atoms with Gasteiger partial charge in [-0.1, -0.05) is 12.8 Å². The van der Waals surface area contributed by atoms with Crippen molar-refractivity contribution in [2.24, 2.45) is 5.92 Å². The van der Waals surface area contributed by atoms with Crippen molar-refractivity contribution in [3.05, 3.63) is 0 Å². The number of carbonyl (C=O) groups excluding carboxylic acids is 1. The summed E-state index contributed by atoms with van der Waals surface area (Å²) in [7, 11) is 0. The van der Waals surface area contributed by atoms with Crippen molar-refractivity contribution in [2.75, 3.05) is 24.6 Å². The number of hydrogen-bond acceptors (Lipinski definition) is 3.